The lowest BCUT2D eigenvalue weighted by molar-refractivity contribution is -0.0888. The van der Waals surface area contributed by atoms with E-state index in [9.17, 15) is 18.0 Å². The minimum Gasteiger partial charge on any atom is -0.282 e. The number of carbonyl (C=O) groups excluding carboxylic acids is 1. The fraction of sp³-hybridized carbons (Fsp3) is 0.182. The first kappa shape index (κ1) is 13.5. The molecular weight excluding hydrogens is 283 g/mol. The number of Topliss-reactive ketones (excluding diaryl/α,β-unsaturated/α-hetero) is 1. The van der Waals surface area contributed by atoms with E-state index in [1.807, 2.05) is 0 Å². The van der Waals surface area contributed by atoms with Crippen LogP contribution in [0.3, 0.4) is 0 Å². The second-order valence-corrected chi connectivity index (χ2v) is 4.24. The Hall–Kier alpha value is -1.89. The van der Waals surface area contributed by atoms with Crippen molar-refractivity contribution in [1.29, 1.82) is 0 Å². The van der Waals surface area contributed by atoms with Crippen LogP contribution in [0.15, 0.2) is 24.4 Å². The molecule has 1 aromatic heterocycles. The fourth-order valence-corrected chi connectivity index (χ4v) is 1.73. The van der Waals surface area contributed by atoms with Crippen LogP contribution in [0.4, 0.5) is 13.2 Å². The van der Waals surface area contributed by atoms with Crippen molar-refractivity contribution >= 4 is 17.4 Å². The molecule has 19 heavy (non-hydrogen) atoms. The Morgan fingerprint density at radius 2 is 2.05 bits per heavy atom. The van der Waals surface area contributed by atoms with Crippen LogP contribution in [-0.2, 0) is 0 Å². The van der Waals surface area contributed by atoms with Crippen molar-refractivity contribution < 1.29 is 18.0 Å². The van der Waals surface area contributed by atoms with Gasteiger partial charge in [-0.2, -0.15) is 13.2 Å². The van der Waals surface area contributed by atoms with Crippen LogP contribution in [0.25, 0.3) is 5.69 Å². The van der Waals surface area contributed by atoms with Crippen LogP contribution in [0.1, 0.15) is 16.1 Å². The van der Waals surface area contributed by atoms with Crippen molar-refractivity contribution in [3.8, 4) is 5.69 Å². The summed E-state index contributed by atoms with van der Waals surface area (Å²) in [4.78, 5) is 11.0. The number of hydrogen-bond acceptors (Lipinski definition) is 3. The van der Waals surface area contributed by atoms with Gasteiger partial charge in [0.1, 0.15) is 0 Å². The van der Waals surface area contributed by atoms with Crippen molar-refractivity contribution in [2.75, 3.05) is 0 Å². The Balaban J connectivity index is 2.39. The molecule has 100 valence electrons. The zero-order chi connectivity index (χ0) is 14.2. The summed E-state index contributed by atoms with van der Waals surface area (Å²) >= 11 is 5.77. The third kappa shape index (κ3) is 2.76. The third-order valence-electron chi connectivity index (χ3n) is 2.39. The minimum atomic E-state index is -4.96. The normalized spacial score (nSPS) is 11.6. The second-order valence-electron chi connectivity index (χ2n) is 3.81. The van der Waals surface area contributed by atoms with Gasteiger partial charge >= 0.3 is 6.18 Å². The number of hydrogen-bond donors (Lipinski definition) is 0. The maximum atomic E-state index is 12.2. The van der Waals surface area contributed by atoms with E-state index in [4.69, 9.17) is 11.6 Å². The van der Waals surface area contributed by atoms with E-state index in [-0.39, 0.29) is 0 Å². The van der Waals surface area contributed by atoms with Crippen LogP contribution in [0.2, 0.25) is 5.02 Å². The van der Waals surface area contributed by atoms with E-state index >= 15 is 0 Å². The smallest absolute Gasteiger partial charge is 0.282 e. The molecule has 0 aliphatic heterocycles. The summed E-state index contributed by atoms with van der Waals surface area (Å²) in [6.45, 7) is 1.72. The molecule has 1 heterocycles. The van der Waals surface area contributed by atoms with Gasteiger partial charge in [0.2, 0.25) is 0 Å². The summed E-state index contributed by atoms with van der Waals surface area (Å²) in [6, 6.07) is 4.77. The summed E-state index contributed by atoms with van der Waals surface area (Å²) in [7, 11) is 0. The number of alkyl halides is 3. The van der Waals surface area contributed by atoms with Gasteiger partial charge < -0.3 is 0 Å². The standard InChI is InChI=1S/C11H7ClF3N3O/c1-6-4-7(12)2-3-9(6)18-5-8(16-17-18)10(19)11(13,14)15/h2-5H,1H3. The Morgan fingerprint density at radius 3 is 2.63 bits per heavy atom. The van der Waals surface area contributed by atoms with Crippen LogP contribution < -0.4 is 0 Å². The van der Waals surface area contributed by atoms with Crippen molar-refractivity contribution in [1.82, 2.24) is 15.0 Å². The largest absolute Gasteiger partial charge is 0.456 e. The Morgan fingerprint density at radius 1 is 1.37 bits per heavy atom. The molecule has 1 aromatic carbocycles. The number of nitrogens with zero attached hydrogens (tertiary/aromatic N) is 3. The quantitative estimate of drug-likeness (QED) is 0.799. The topological polar surface area (TPSA) is 47.8 Å². The number of benzene rings is 1. The van der Waals surface area contributed by atoms with Crippen LogP contribution in [-0.4, -0.2) is 27.0 Å². The Bertz CT molecular complexity index is 636. The maximum absolute atomic E-state index is 12.2. The van der Waals surface area contributed by atoms with Crippen molar-refractivity contribution in [3.63, 3.8) is 0 Å². The molecule has 0 unspecified atom stereocenters. The number of rotatable bonds is 2. The first-order valence-corrected chi connectivity index (χ1v) is 5.47. The first-order valence-electron chi connectivity index (χ1n) is 5.09. The molecule has 0 N–H and O–H groups in total. The molecular formula is C11H7ClF3N3O. The van der Waals surface area contributed by atoms with Gasteiger partial charge in [0, 0.05) is 5.02 Å². The van der Waals surface area contributed by atoms with Gasteiger partial charge in [-0.15, -0.1) is 5.10 Å². The molecule has 0 aliphatic carbocycles. The Labute approximate surface area is 110 Å². The lowest BCUT2D eigenvalue weighted by atomic mass is 10.2. The third-order valence-corrected chi connectivity index (χ3v) is 2.62. The number of halogens is 4. The van der Waals surface area contributed by atoms with Crippen molar-refractivity contribution in [2.24, 2.45) is 0 Å². The molecule has 0 amide bonds. The number of aryl methyl sites for hydroxylation is 1. The highest BCUT2D eigenvalue weighted by Gasteiger charge is 2.41. The highest BCUT2D eigenvalue weighted by Crippen LogP contribution is 2.22. The molecule has 0 fully saturated rings. The Kier molecular flexibility index (Phi) is 3.32. The van der Waals surface area contributed by atoms with Gasteiger partial charge in [0.25, 0.3) is 5.78 Å². The molecule has 0 bridgehead atoms. The summed E-state index contributed by atoms with van der Waals surface area (Å²) in [5.41, 5.74) is 0.448. The van der Waals surface area contributed by atoms with Crippen molar-refractivity contribution in [2.45, 2.75) is 13.1 Å². The summed E-state index contributed by atoms with van der Waals surface area (Å²) in [5, 5.41) is 7.24. The van der Waals surface area contributed by atoms with E-state index in [0.29, 0.717) is 16.3 Å². The molecule has 0 saturated heterocycles. The predicted octanol–water partition coefficient (Wildman–Crippen LogP) is 2.97. The summed E-state index contributed by atoms with van der Waals surface area (Å²) < 4.78 is 37.8. The fourth-order valence-electron chi connectivity index (χ4n) is 1.51. The highest BCUT2D eigenvalue weighted by molar-refractivity contribution is 6.30. The molecule has 0 aliphatic rings. The molecule has 0 spiro atoms. The van der Waals surface area contributed by atoms with Gasteiger partial charge in [0.05, 0.1) is 11.9 Å². The van der Waals surface area contributed by atoms with Gasteiger partial charge in [0.15, 0.2) is 5.69 Å². The zero-order valence-corrected chi connectivity index (χ0v) is 10.3. The van der Waals surface area contributed by atoms with Crippen LogP contribution in [0.5, 0.6) is 0 Å². The summed E-state index contributed by atoms with van der Waals surface area (Å²) in [6.07, 6.45) is -4.03. The van der Waals surface area contributed by atoms with Crippen LogP contribution in [0, 0.1) is 6.92 Å². The average molecular weight is 290 g/mol. The molecule has 0 radical (unpaired) electrons. The first-order chi connectivity index (χ1) is 8.79. The van der Waals surface area contributed by atoms with Gasteiger partial charge in [-0.1, -0.05) is 16.8 Å². The molecule has 8 heteroatoms. The lowest BCUT2D eigenvalue weighted by Crippen LogP contribution is -2.23. The zero-order valence-electron chi connectivity index (χ0n) is 9.57. The van der Waals surface area contributed by atoms with Crippen LogP contribution >= 0.6 is 11.6 Å². The predicted molar refractivity (Wildman–Crippen MR) is 61.5 cm³/mol. The van der Waals surface area contributed by atoms with Crippen molar-refractivity contribution in [3.05, 3.63) is 40.7 Å². The monoisotopic (exact) mass is 289 g/mol. The second kappa shape index (κ2) is 4.65. The van der Waals surface area contributed by atoms with E-state index in [1.54, 1.807) is 25.1 Å². The SMILES string of the molecule is Cc1cc(Cl)ccc1-n1cc(C(=O)C(F)(F)F)nn1. The maximum Gasteiger partial charge on any atom is 0.456 e. The van der Waals surface area contributed by atoms with Gasteiger partial charge in [-0.25, -0.2) is 4.68 Å². The summed E-state index contributed by atoms with van der Waals surface area (Å²) in [5.74, 6) is -2.02. The number of aromatic nitrogens is 3. The molecule has 2 rings (SSSR count). The lowest BCUT2D eigenvalue weighted by Gasteiger charge is -2.04. The van der Waals surface area contributed by atoms with E-state index < -0.39 is 17.7 Å². The van der Waals surface area contributed by atoms with E-state index in [2.05, 4.69) is 10.3 Å². The molecule has 0 atom stereocenters. The average Bonchev–Trinajstić information content (AvgIpc) is 2.75. The van der Waals surface area contributed by atoms with Gasteiger partial charge in [-0.3, -0.25) is 4.79 Å². The number of carbonyl (C=O) groups is 1. The molecule has 4 nitrogen and oxygen atoms in total. The highest BCUT2D eigenvalue weighted by atomic mass is 35.5. The van der Waals surface area contributed by atoms with E-state index in [0.717, 1.165) is 10.9 Å². The molecule has 2 aromatic rings. The molecule has 0 saturated carbocycles. The van der Waals surface area contributed by atoms with E-state index in [1.165, 1.54) is 0 Å². The minimum absolute atomic E-state index is 0.493. The number of ketones is 1. The van der Waals surface area contributed by atoms with Gasteiger partial charge in [-0.05, 0) is 30.7 Å².